The van der Waals surface area contributed by atoms with Crippen molar-refractivity contribution in [3.8, 4) is 0 Å². The summed E-state index contributed by atoms with van der Waals surface area (Å²) >= 11 is 0. The van der Waals surface area contributed by atoms with E-state index >= 15 is 0 Å². The van der Waals surface area contributed by atoms with Crippen LogP contribution in [0.25, 0.3) is 0 Å². The van der Waals surface area contributed by atoms with Gasteiger partial charge in [0.25, 0.3) is 5.91 Å². The van der Waals surface area contributed by atoms with Crippen LogP contribution in [0, 0.1) is 0 Å². The van der Waals surface area contributed by atoms with E-state index in [9.17, 15) is 18.0 Å². The Kier molecular flexibility index (Phi) is 7.14. The van der Waals surface area contributed by atoms with Crippen LogP contribution in [0.5, 0.6) is 0 Å². The highest BCUT2D eigenvalue weighted by molar-refractivity contribution is 5.92. The Morgan fingerprint density at radius 2 is 1.87 bits per heavy atom. The third-order valence-electron chi connectivity index (χ3n) is 5.29. The van der Waals surface area contributed by atoms with Gasteiger partial charge in [0.05, 0.1) is 25.3 Å². The molecule has 9 heteroatoms. The van der Waals surface area contributed by atoms with Gasteiger partial charge < -0.3 is 14.1 Å². The molecule has 0 aliphatic carbocycles. The predicted molar refractivity (Wildman–Crippen MR) is 104 cm³/mol. The standard InChI is InChI=1S/C21H26F3N3O3/c1-3-15(2)27(12-16-4-6-17(7-5-16)21(22,23)24)13-19-25-18(14-30-19)20(28)26-8-10-29-11-9-26/h4-7,14-15H,3,8-13H2,1-2H3. The summed E-state index contributed by atoms with van der Waals surface area (Å²) in [7, 11) is 0. The molecule has 1 unspecified atom stereocenters. The van der Waals surface area contributed by atoms with E-state index < -0.39 is 11.7 Å². The number of halogens is 3. The molecule has 0 saturated carbocycles. The van der Waals surface area contributed by atoms with E-state index in [2.05, 4.69) is 9.88 Å². The van der Waals surface area contributed by atoms with Crippen LogP contribution in [0.4, 0.5) is 13.2 Å². The van der Waals surface area contributed by atoms with Crippen molar-refractivity contribution in [3.05, 3.63) is 53.2 Å². The molecule has 1 saturated heterocycles. The SMILES string of the molecule is CCC(C)N(Cc1ccc(C(F)(F)F)cc1)Cc1nc(C(=O)N2CCOCC2)co1. The van der Waals surface area contributed by atoms with Crippen molar-refractivity contribution in [2.75, 3.05) is 26.3 Å². The first-order valence-electron chi connectivity index (χ1n) is 9.99. The second-order valence-electron chi connectivity index (χ2n) is 7.39. The molecule has 0 spiro atoms. The average Bonchev–Trinajstić information content (AvgIpc) is 3.21. The Morgan fingerprint density at radius 1 is 1.20 bits per heavy atom. The number of amides is 1. The minimum absolute atomic E-state index is 0.151. The fourth-order valence-electron chi connectivity index (χ4n) is 3.24. The lowest BCUT2D eigenvalue weighted by molar-refractivity contribution is -0.137. The first-order chi connectivity index (χ1) is 14.3. The van der Waals surface area contributed by atoms with Crippen molar-refractivity contribution < 1.29 is 27.1 Å². The molecule has 0 bridgehead atoms. The summed E-state index contributed by atoms with van der Waals surface area (Å²) in [6.07, 6.45) is -2.14. The third-order valence-corrected chi connectivity index (χ3v) is 5.29. The van der Waals surface area contributed by atoms with Crippen LogP contribution in [-0.2, 0) is 24.0 Å². The summed E-state index contributed by atoms with van der Waals surface area (Å²) in [6, 6.07) is 5.31. The van der Waals surface area contributed by atoms with Crippen molar-refractivity contribution >= 4 is 5.91 Å². The number of ether oxygens (including phenoxy) is 1. The van der Waals surface area contributed by atoms with Gasteiger partial charge in [-0.05, 0) is 31.0 Å². The molecule has 1 amide bonds. The molecule has 1 aliphatic rings. The number of carbonyl (C=O) groups is 1. The maximum atomic E-state index is 12.8. The van der Waals surface area contributed by atoms with Gasteiger partial charge in [0, 0.05) is 25.7 Å². The van der Waals surface area contributed by atoms with Crippen molar-refractivity contribution in [1.82, 2.24) is 14.8 Å². The molecule has 1 atom stereocenters. The summed E-state index contributed by atoms with van der Waals surface area (Å²) < 4.78 is 49.1. The summed E-state index contributed by atoms with van der Waals surface area (Å²) in [6.45, 7) is 6.92. The fourth-order valence-corrected chi connectivity index (χ4v) is 3.24. The van der Waals surface area contributed by atoms with Crippen LogP contribution < -0.4 is 0 Å². The Balaban J connectivity index is 1.68. The van der Waals surface area contributed by atoms with Gasteiger partial charge in [-0.1, -0.05) is 19.1 Å². The zero-order valence-corrected chi connectivity index (χ0v) is 17.1. The van der Waals surface area contributed by atoms with E-state index in [0.717, 1.165) is 24.1 Å². The number of carbonyl (C=O) groups excluding carboxylic acids is 1. The maximum absolute atomic E-state index is 12.8. The van der Waals surface area contributed by atoms with E-state index in [1.54, 1.807) is 4.90 Å². The van der Waals surface area contributed by atoms with Gasteiger partial charge in [-0.2, -0.15) is 13.2 Å². The molecule has 6 nitrogen and oxygen atoms in total. The number of rotatable bonds is 7. The van der Waals surface area contributed by atoms with Gasteiger partial charge >= 0.3 is 6.18 Å². The second-order valence-corrected chi connectivity index (χ2v) is 7.39. The number of aromatic nitrogens is 1. The smallest absolute Gasteiger partial charge is 0.416 e. The van der Waals surface area contributed by atoms with Crippen molar-refractivity contribution in [3.63, 3.8) is 0 Å². The van der Waals surface area contributed by atoms with E-state index in [1.165, 1.54) is 18.4 Å². The Morgan fingerprint density at radius 3 is 2.47 bits per heavy atom. The molecule has 1 fully saturated rings. The molecule has 3 rings (SSSR count). The van der Waals surface area contributed by atoms with E-state index in [0.29, 0.717) is 45.3 Å². The van der Waals surface area contributed by atoms with E-state index in [1.807, 2.05) is 13.8 Å². The molecule has 1 aromatic heterocycles. The Bertz CT molecular complexity index is 830. The molecule has 1 aromatic carbocycles. The zero-order valence-electron chi connectivity index (χ0n) is 17.1. The monoisotopic (exact) mass is 425 g/mol. The summed E-state index contributed by atoms with van der Waals surface area (Å²) in [5.41, 5.74) is 0.352. The molecule has 30 heavy (non-hydrogen) atoms. The molecule has 0 N–H and O–H groups in total. The average molecular weight is 425 g/mol. The number of oxazole rings is 1. The van der Waals surface area contributed by atoms with E-state index in [-0.39, 0.29) is 17.6 Å². The lowest BCUT2D eigenvalue weighted by Crippen LogP contribution is -2.40. The largest absolute Gasteiger partial charge is 0.447 e. The van der Waals surface area contributed by atoms with Crippen LogP contribution in [0.3, 0.4) is 0 Å². The third kappa shape index (κ3) is 5.60. The lowest BCUT2D eigenvalue weighted by atomic mass is 10.1. The lowest BCUT2D eigenvalue weighted by Gasteiger charge is -2.27. The Labute approximate surface area is 173 Å². The van der Waals surface area contributed by atoms with Crippen LogP contribution in [0.1, 0.15) is 47.8 Å². The molecule has 1 aliphatic heterocycles. The zero-order chi connectivity index (χ0) is 21.7. The first-order valence-corrected chi connectivity index (χ1v) is 9.99. The highest BCUT2D eigenvalue weighted by atomic mass is 19.4. The van der Waals surface area contributed by atoms with Crippen molar-refractivity contribution in [2.24, 2.45) is 0 Å². The van der Waals surface area contributed by atoms with Crippen LogP contribution >= 0.6 is 0 Å². The van der Waals surface area contributed by atoms with Gasteiger partial charge in [-0.25, -0.2) is 4.98 Å². The van der Waals surface area contributed by atoms with Crippen LogP contribution in [0.15, 0.2) is 34.9 Å². The summed E-state index contributed by atoms with van der Waals surface area (Å²) in [4.78, 5) is 20.6. The summed E-state index contributed by atoms with van der Waals surface area (Å²) in [5.74, 6) is 0.213. The minimum Gasteiger partial charge on any atom is -0.447 e. The quantitative estimate of drug-likeness (QED) is 0.672. The molecule has 2 aromatic rings. The second kappa shape index (κ2) is 9.61. The van der Waals surface area contributed by atoms with Gasteiger partial charge in [-0.3, -0.25) is 9.69 Å². The molecular formula is C21H26F3N3O3. The number of hydrogen-bond acceptors (Lipinski definition) is 5. The van der Waals surface area contributed by atoms with Gasteiger partial charge in [0.1, 0.15) is 6.26 Å². The number of morpholine rings is 1. The number of hydrogen-bond donors (Lipinski definition) is 0. The topological polar surface area (TPSA) is 58.8 Å². The molecule has 164 valence electrons. The van der Waals surface area contributed by atoms with E-state index in [4.69, 9.17) is 9.15 Å². The first kappa shape index (κ1) is 22.3. The fraction of sp³-hybridized carbons (Fsp3) is 0.524. The van der Waals surface area contributed by atoms with Crippen LogP contribution in [0.2, 0.25) is 0 Å². The number of nitrogens with zero attached hydrogens (tertiary/aromatic N) is 3. The minimum atomic E-state index is -4.35. The summed E-state index contributed by atoms with van der Waals surface area (Å²) in [5, 5.41) is 0. The predicted octanol–water partition coefficient (Wildman–Crippen LogP) is 3.97. The highest BCUT2D eigenvalue weighted by Crippen LogP contribution is 2.29. The van der Waals surface area contributed by atoms with Crippen molar-refractivity contribution in [1.29, 1.82) is 0 Å². The maximum Gasteiger partial charge on any atom is 0.416 e. The Hall–Kier alpha value is -2.39. The van der Waals surface area contributed by atoms with Crippen molar-refractivity contribution in [2.45, 2.75) is 45.6 Å². The normalized spacial score (nSPS) is 16.1. The van der Waals surface area contributed by atoms with Crippen LogP contribution in [-0.4, -0.2) is 53.0 Å². The molecule has 2 heterocycles. The number of alkyl halides is 3. The molecule has 0 radical (unpaired) electrons. The van der Waals surface area contributed by atoms with Gasteiger partial charge in [0.15, 0.2) is 5.69 Å². The van der Waals surface area contributed by atoms with Gasteiger partial charge in [0.2, 0.25) is 5.89 Å². The van der Waals surface area contributed by atoms with Gasteiger partial charge in [-0.15, -0.1) is 0 Å². The molecular weight excluding hydrogens is 399 g/mol. The highest BCUT2D eigenvalue weighted by Gasteiger charge is 2.30. The number of benzene rings is 1.